The average Bonchev–Trinajstić information content (AvgIpc) is 2.32. The normalized spacial score (nSPS) is 9.76. The molecule has 94 valence electrons. The molecule has 1 aromatic carbocycles. The van der Waals surface area contributed by atoms with Crippen molar-refractivity contribution in [1.29, 1.82) is 0 Å². The van der Waals surface area contributed by atoms with Crippen molar-refractivity contribution in [3.8, 4) is 0 Å². The standard InChI is InChI=1S/C12H19N3O2/c1-2-17-12(16)15-11-6-4-10(5-7-11)14-9-3-8-13/h4-7,14H,2-3,8-9,13H2,1H3,(H,15,16). The lowest BCUT2D eigenvalue weighted by Gasteiger charge is -2.08. The molecular weight excluding hydrogens is 218 g/mol. The first-order valence-electron chi connectivity index (χ1n) is 5.74. The number of hydrogen-bond acceptors (Lipinski definition) is 4. The van der Waals surface area contributed by atoms with Gasteiger partial charge in [-0.2, -0.15) is 0 Å². The van der Waals surface area contributed by atoms with Crippen LogP contribution in [0, 0.1) is 0 Å². The highest BCUT2D eigenvalue weighted by molar-refractivity contribution is 5.84. The maximum absolute atomic E-state index is 11.1. The second-order valence-corrected chi connectivity index (χ2v) is 3.49. The summed E-state index contributed by atoms with van der Waals surface area (Å²) < 4.78 is 4.78. The molecule has 0 radical (unpaired) electrons. The lowest BCUT2D eigenvalue weighted by atomic mass is 10.2. The molecule has 0 aliphatic rings. The summed E-state index contributed by atoms with van der Waals surface area (Å²) in [5, 5.41) is 5.86. The molecule has 0 aromatic heterocycles. The van der Waals surface area contributed by atoms with Crippen molar-refractivity contribution in [2.45, 2.75) is 13.3 Å². The van der Waals surface area contributed by atoms with Gasteiger partial charge in [0.15, 0.2) is 0 Å². The van der Waals surface area contributed by atoms with E-state index in [1.165, 1.54) is 0 Å². The quantitative estimate of drug-likeness (QED) is 0.661. The van der Waals surface area contributed by atoms with Crippen LogP contribution < -0.4 is 16.4 Å². The van der Waals surface area contributed by atoms with E-state index in [0.29, 0.717) is 18.8 Å². The van der Waals surface area contributed by atoms with Crippen LogP contribution in [0.5, 0.6) is 0 Å². The average molecular weight is 237 g/mol. The molecule has 0 saturated heterocycles. The van der Waals surface area contributed by atoms with Crippen LogP contribution >= 0.6 is 0 Å². The number of benzene rings is 1. The van der Waals surface area contributed by atoms with Gasteiger partial charge in [-0.15, -0.1) is 0 Å². The van der Waals surface area contributed by atoms with Gasteiger partial charge >= 0.3 is 6.09 Å². The Morgan fingerprint density at radius 2 is 1.94 bits per heavy atom. The van der Waals surface area contributed by atoms with E-state index >= 15 is 0 Å². The van der Waals surface area contributed by atoms with Crippen LogP contribution in [0.25, 0.3) is 0 Å². The Morgan fingerprint density at radius 1 is 1.29 bits per heavy atom. The van der Waals surface area contributed by atoms with E-state index in [-0.39, 0.29) is 0 Å². The Morgan fingerprint density at radius 3 is 2.53 bits per heavy atom. The van der Waals surface area contributed by atoms with E-state index < -0.39 is 6.09 Å². The maximum Gasteiger partial charge on any atom is 0.411 e. The Hall–Kier alpha value is -1.75. The summed E-state index contributed by atoms with van der Waals surface area (Å²) in [6, 6.07) is 7.44. The van der Waals surface area contributed by atoms with Crippen LogP contribution in [-0.4, -0.2) is 25.8 Å². The highest BCUT2D eigenvalue weighted by atomic mass is 16.5. The molecule has 5 heteroatoms. The number of carbonyl (C=O) groups is 1. The highest BCUT2D eigenvalue weighted by Crippen LogP contribution is 2.13. The largest absolute Gasteiger partial charge is 0.450 e. The van der Waals surface area contributed by atoms with Gasteiger partial charge in [-0.1, -0.05) is 0 Å². The Balaban J connectivity index is 2.41. The summed E-state index contributed by atoms with van der Waals surface area (Å²) in [4.78, 5) is 11.1. The Kier molecular flexibility index (Phi) is 5.88. The zero-order valence-electron chi connectivity index (χ0n) is 10.0. The van der Waals surface area contributed by atoms with Gasteiger partial charge < -0.3 is 15.8 Å². The molecule has 0 bridgehead atoms. The van der Waals surface area contributed by atoms with E-state index in [1.807, 2.05) is 24.3 Å². The zero-order valence-corrected chi connectivity index (χ0v) is 10.0. The molecule has 1 amide bonds. The molecule has 0 aliphatic heterocycles. The topological polar surface area (TPSA) is 76.4 Å². The third-order valence-corrected chi connectivity index (χ3v) is 2.12. The monoisotopic (exact) mass is 237 g/mol. The van der Waals surface area contributed by atoms with Crippen LogP contribution in [0.1, 0.15) is 13.3 Å². The molecule has 0 aliphatic carbocycles. The van der Waals surface area contributed by atoms with E-state index in [4.69, 9.17) is 10.5 Å². The van der Waals surface area contributed by atoms with Gasteiger partial charge in [0, 0.05) is 17.9 Å². The summed E-state index contributed by atoms with van der Waals surface area (Å²) in [7, 11) is 0. The van der Waals surface area contributed by atoms with Gasteiger partial charge in [0.1, 0.15) is 0 Å². The molecule has 1 aromatic rings. The van der Waals surface area contributed by atoms with Gasteiger partial charge in [-0.25, -0.2) is 4.79 Å². The SMILES string of the molecule is CCOC(=O)Nc1ccc(NCCCN)cc1. The summed E-state index contributed by atoms with van der Waals surface area (Å²) >= 11 is 0. The molecule has 5 nitrogen and oxygen atoms in total. The van der Waals surface area contributed by atoms with Crippen molar-refractivity contribution in [1.82, 2.24) is 0 Å². The lowest BCUT2D eigenvalue weighted by molar-refractivity contribution is 0.168. The third-order valence-electron chi connectivity index (χ3n) is 2.12. The molecule has 0 unspecified atom stereocenters. The molecule has 0 atom stereocenters. The minimum Gasteiger partial charge on any atom is -0.450 e. The summed E-state index contributed by atoms with van der Waals surface area (Å²) in [5.74, 6) is 0. The van der Waals surface area contributed by atoms with E-state index in [2.05, 4.69) is 10.6 Å². The van der Waals surface area contributed by atoms with Crippen molar-refractivity contribution in [2.24, 2.45) is 5.73 Å². The predicted octanol–water partition coefficient (Wildman–Crippen LogP) is 2.02. The van der Waals surface area contributed by atoms with Gasteiger partial charge in [0.05, 0.1) is 6.61 Å². The summed E-state index contributed by atoms with van der Waals surface area (Å²) in [5.41, 5.74) is 7.12. The Bertz CT molecular complexity index is 338. The number of anilines is 2. The molecule has 0 spiro atoms. The molecule has 0 saturated carbocycles. The number of amides is 1. The van der Waals surface area contributed by atoms with Crippen LogP contribution in [0.15, 0.2) is 24.3 Å². The molecule has 17 heavy (non-hydrogen) atoms. The van der Waals surface area contributed by atoms with Crippen molar-refractivity contribution in [3.63, 3.8) is 0 Å². The molecule has 0 fully saturated rings. The minimum absolute atomic E-state index is 0.366. The van der Waals surface area contributed by atoms with Crippen molar-refractivity contribution >= 4 is 17.5 Å². The summed E-state index contributed by atoms with van der Waals surface area (Å²) in [6.45, 7) is 3.66. The van der Waals surface area contributed by atoms with Gasteiger partial charge in [0.25, 0.3) is 0 Å². The first-order chi connectivity index (χ1) is 8.26. The van der Waals surface area contributed by atoms with Crippen molar-refractivity contribution in [3.05, 3.63) is 24.3 Å². The van der Waals surface area contributed by atoms with Gasteiger partial charge in [-0.05, 0) is 44.2 Å². The Labute approximate surface area is 101 Å². The molecule has 1 rings (SSSR count). The first kappa shape index (κ1) is 13.3. The molecule has 4 N–H and O–H groups in total. The van der Waals surface area contributed by atoms with Gasteiger partial charge in [0.2, 0.25) is 0 Å². The summed E-state index contributed by atoms with van der Waals surface area (Å²) in [6.07, 6.45) is 0.499. The smallest absolute Gasteiger partial charge is 0.411 e. The van der Waals surface area contributed by atoms with Crippen LogP contribution in [0.4, 0.5) is 16.2 Å². The van der Waals surface area contributed by atoms with Crippen LogP contribution in [-0.2, 0) is 4.74 Å². The van der Waals surface area contributed by atoms with E-state index in [9.17, 15) is 4.79 Å². The number of carbonyl (C=O) groups excluding carboxylic acids is 1. The fraction of sp³-hybridized carbons (Fsp3) is 0.417. The first-order valence-corrected chi connectivity index (χ1v) is 5.74. The predicted molar refractivity (Wildman–Crippen MR) is 69.2 cm³/mol. The zero-order chi connectivity index (χ0) is 12.5. The number of nitrogens with two attached hydrogens (primary N) is 1. The van der Waals surface area contributed by atoms with E-state index in [1.54, 1.807) is 6.92 Å². The van der Waals surface area contributed by atoms with Crippen molar-refractivity contribution in [2.75, 3.05) is 30.3 Å². The number of ether oxygens (including phenoxy) is 1. The number of rotatable bonds is 6. The molecule has 0 heterocycles. The second-order valence-electron chi connectivity index (χ2n) is 3.49. The minimum atomic E-state index is -0.434. The lowest BCUT2D eigenvalue weighted by Crippen LogP contribution is -2.13. The molecular formula is C12H19N3O2. The van der Waals surface area contributed by atoms with E-state index in [0.717, 1.165) is 18.7 Å². The van der Waals surface area contributed by atoms with Crippen LogP contribution in [0.2, 0.25) is 0 Å². The highest BCUT2D eigenvalue weighted by Gasteiger charge is 2.01. The number of hydrogen-bond donors (Lipinski definition) is 3. The maximum atomic E-state index is 11.1. The fourth-order valence-corrected chi connectivity index (χ4v) is 1.29. The second kappa shape index (κ2) is 7.51. The van der Waals surface area contributed by atoms with Crippen molar-refractivity contribution < 1.29 is 9.53 Å². The third kappa shape index (κ3) is 5.21. The fourth-order valence-electron chi connectivity index (χ4n) is 1.29. The van der Waals surface area contributed by atoms with Gasteiger partial charge in [-0.3, -0.25) is 5.32 Å². The number of nitrogens with one attached hydrogen (secondary N) is 2. The van der Waals surface area contributed by atoms with Crippen LogP contribution in [0.3, 0.4) is 0 Å².